The van der Waals surface area contributed by atoms with Crippen LogP contribution < -0.4 is 11.1 Å². The van der Waals surface area contributed by atoms with Crippen molar-refractivity contribution in [1.82, 2.24) is 5.32 Å². The van der Waals surface area contributed by atoms with Crippen molar-refractivity contribution in [3.05, 3.63) is 0 Å². The minimum absolute atomic E-state index is 0.0224. The summed E-state index contributed by atoms with van der Waals surface area (Å²) < 4.78 is 9.50. The normalized spacial score (nSPS) is 12.8. The molecular weight excluding hydrogens is 200 g/mol. The zero-order valence-corrected chi connectivity index (χ0v) is 9.49. The fourth-order valence-electron chi connectivity index (χ4n) is 0.758. The van der Waals surface area contributed by atoms with Gasteiger partial charge in [-0.2, -0.15) is 0 Å². The highest BCUT2D eigenvalue weighted by atomic mass is 16.6. The minimum atomic E-state index is -0.868. The molecule has 0 saturated heterocycles. The van der Waals surface area contributed by atoms with Gasteiger partial charge in [0.05, 0.1) is 6.04 Å². The molecule has 0 fully saturated rings. The maximum absolute atomic E-state index is 11.2. The predicted octanol–water partition coefficient (Wildman–Crippen LogP) is 0.995. The Morgan fingerprint density at radius 3 is 2.33 bits per heavy atom. The van der Waals surface area contributed by atoms with Crippen molar-refractivity contribution in [2.24, 2.45) is 5.73 Å². The molecule has 0 aliphatic carbocycles. The SMILES string of the molecule is C[C@@H](COC(N)=O)NC(=O)OC(C)(C)C. The van der Waals surface area contributed by atoms with Gasteiger partial charge in [-0.25, -0.2) is 9.59 Å². The van der Waals surface area contributed by atoms with E-state index in [1.54, 1.807) is 27.7 Å². The van der Waals surface area contributed by atoms with Crippen LogP contribution >= 0.6 is 0 Å². The molecule has 0 bridgehead atoms. The number of rotatable bonds is 3. The van der Waals surface area contributed by atoms with Gasteiger partial charge in [-0.3, -0.25) is 0 Å². The number of primary amides is 1. The quantitative estimate of drug-likeness (QED) is 0.739. The van der Waals surface area contributed by atoms with E-state index in [2.05, 4.69) is 10.1 Å². The molecule has 6 heteroatoms. The number of nitrogens with one attached hydrogen (secondary N) is 1. The lowest BCUT2D eigenvalue weighted by atomic mass is 10.2. The molecule has 0 aromatic heterocycles. The molecule has 0 rings (SSSR count). The Morgan fingerprint density at radius 2 is 1.93 bits per heavy atom. The molecule has 0 unspecified atom stereocenters. The zero-order chi connectivity index (χ0) is 12.1. The van der Waals surface area contributed by atoms with Crippen LogP contribution in [0.25, 0.3) is 0 Å². The second kappa shape index (κ2) is 5.43. The minimum Gasteiger partial charge on any atom is -0.448 e. The second-order valence-corrected chi connectivity index (χ2v) is 4.18. The van der Waals surface area contributed by atoms with Crippen molar-refractivity contribution in [3.63, 3.8) is 0 Å². The van der Waals surface area contributed by atoms with E-state index >= 15 is 0 Å². The summed E-state index contributed by atoms with van der Waals surface area (Å²) in [6.45, 7) is 6.98. The fraction of sp³-hybridized carbons (Fsp3) is 0.778. The molecule has 0 aliphatic heterocycles. The molecule has 3 N–H and O–H groups in total. The maximum atomic E-state index is 11.2. The topological polar surface area (TPSA) is 90.6 Å². The molecule has 6 nitrogen and oxygen atoms in total. The van der Waals surface area contributed by atoms with Crippen molar-refractivity contribution in [2.75, 3.05) is 6.61 Å². The van der Waals surface area contributed by atoms with Gasteiger partial charge in [0.25, 0.3) is 0 Å². The molecule has 1 atom stereocenters. The van der Waals surface area contributed by atoms with Crippen LogP contribution in [0.4, 0.5) is 9.59 Å². The lowest BCUT2D eigenvalue weighted by Crippen LogP contribution is -2.40. The Balaban J connectivity index is 3.81. The molecule has 15 heavy (non-hydrogen) atoms. The fourth-order valence-corrected chi connectivity index (χ4v) is 0.758. The van der Waals surface area contributed by atoms with E-state index in [9.17, 15) is 9.59 Å². The summed E-state index contributed by atoms with van der Waals surface area (Å²) in [6, 6.07) is -0.340. The lowest BCUT2D eigenvalue weighted by Gasteiger charge is -2.21. The summed E-state index contributed by atoms with van der Waals surface area (Å²) in [7, 11) is 0. The molecule has 0 radical (unpaired) electrons. The monoisotopic (exact) mass is 218 g/mol. The molecule has 0 aliphatic rings. The number of nitrogens with two attached hydrogens (primary N) is 1. The van der Waals surface area contributed by atoms with Gasteiger partial charge in [0.2, 0.25) is 0 Å². The lowest BCUT2D eigenvalue weighted by molar-refractivity contribution is 0.0481. The first kappa shape index (κ1) is 13.5. The van der Waals surface area contributed by atoms with Crippen LogP contribution in [0, 0.1) is 0 Å². The second-order valence-electron chi connectivity index (χ2n) is 4.18. The smallest absolute Gasteiger partial charge is 0.407 e. The third kappa shape index (κ3) is 8.86. The number of ether oxygens (including phenoxy) is 2. The highest BCUT2D eigenvalue weighted by molar-refractivity contribution is 5.68. The predicted molar refractivity (Wildman–Crippen MR) is 54.4 cm³/mol. The van der Waals surface area contributed by atoms with Gasteiger partial charge in [0, 0.05) is 0 Å². The first-order valence-corrected chi connectivity index (χ1v) is 4.62. The van der Waals surface area contributed by atoms with Crippen molar-refractivity contribution in [3.8, 4) is 0 Å². The van der Waals surface area contributed by atoms with Crippen LogP contribution in [0.2, 0.25) is 0 Å². The van der Waals surface area contributed by atoms with Gasteiger partial charge in [-0.05, 0) is 27.7 Å². The standard InChI is InChI=1S/C9H18N2O4/c1-6(5-14-7(10)12)11-8(13)15-9(2,3)4/h6H,5H2,1-4H3,(H2,10,12)(H,11,13)/t6-/m0/s1. The van der Waals surface area contributed by atoms with Crippen LogP contribution in [-0.2, 0) is 9.47 Å². The molecule has 0 saturated carbocycles. The number of amides is 2. The van der Waals surface area contributed by atoms with Gasteiger partial charge in [0.15, 0.2) is 0 Å². The van der Waals surface area contributed by atoms with E-state index in [-0.39, 0.29) is 12.6 Å². The molecule has 2 amide bonds. The molecule has 0 aromatic carbocycles. The summed E-state index contributed by atoms with van der Waals surface area (Å²) in [5.41, 5.74) is 4.22. The Bertz CT molecular complexity index is 235. The summed E-state index contributed by atoms with van der Waals surface area (Å²) in [4.78, 5) is 21.5. The largest absolute Gasteiger partial charge is 0.448 e. The number of alkyl carbamates (subject to hydrolysis) is 1. The average Bonchev–Trinajstić information content (AvgIpc) is 1.96. The van der Waals surface area contributed by atoms with E-state index in [0.29, 0.717) is 0 Å². The first-order chi connectivity index (χ1) is 6.70. The van der Waals surface area contributed by atoms with Crippen LogP contribution in [0.5, 0.6) is 0 Å². The van der Waals surface area contributed by atoms with Crippen LogP contribution in [0.15, 0.2) is 0 Å². The molecule has 0 aromatic rings. The molecular formula is C9H18N2O4. The summed E-state index contributed by atoms with van der Waals surface area (Å²) in [5, 5.41) is 2.50. The van der Waals surface area contributed by atoms with E-state index < -0.39 is 17.8 Å². The van der Waals surface area contributed by atoms with E-state index in [1.807, 2.05) is 0 Å². The van der Waals surface area contributed by atoms with Crippen molar-refractivity contribution in [2.45, 2.75) is 39.3 Å². The first-order valence-electron chi connectivity index (χ1n) is 4.62. The highest BCUT2D eigenvalue weighted by Gasteiger charge is 2.17. The van der Waals surface area contributed by atoms with Crippen LogP contribution in [0.1, 0.15) is 27.7 Å². The molecule has 0 spiro atoms. The van der Waals surface area contributed by atoms with Gasteiger partial charge < -0.3 is 20.5 Å². The Morgan fingerprint density at radius 1 is 1.40 bits per heavy atom. The molecule has 88 valence electrons. The van der Waals surface area contributed by atoms with Gasteiger partial charge in [-0.15, -0.1) is 0 Å². The van der Waals surface area contributed by atoms with Crippen molar-refractivity contribution < 1.29 is 19.1 Å². The molecule has 0 heterocycles. The zero-order valence-electron chi connectivity index (χ0n) is 9.49. The average molecular weight is 218 g/mol. The summed E-state index contributed by atoms with van der Waals surface area (Å²) >= 11 is 0. The van der Waals surface area contributed by atoms with Crippen molar-refractivity contribution in [1.29, 1.82) is 0 Å². The third-order valence-electron chi connectivity index (χ3n) is 1.24. The van der Waals surface area contributed by atoms with Crippen LogP contribution in [0.3, 0.4) is 0 Å². The van der Waals surface area contributed by atoms with Crippen LogP contribution in [-0.4, -0.2) is 30.4 Å². The summed E-state index contributed by atoms with van der Waals surface area (Å²) in [6.07, 6.45) is -1.42. The Kier molecular flexibility index (Phi) is 4.90. The maximum Gasteiger partial charge on any atom is 0.407 e. The van der Waals surface area contributed by atoms with E-state index in [0.717, 1.165) is 0 Å². The number of carbonyl (C=O) groups excluding carboxylic acids is 2. The van der Waals surface area contributed by atoms with Crippen molar-refractivity contribution >= 4 is 12.2 Å². The number of carbonyl (C=O) groups is 2. The van der Waals surface area contributed by atoms with Gasteiger partial charge >= 0.3 is 12.2 Å². The Labute approximate surface area is 89.1 Å². The van der Waals surface area contributed by atoms with E-state index in [4.69, 9.17) is 10.5 Å². The number of hydrogen-bond donors (Lipinski definition) is 2. The summed E-state index contributed by atoms with van der Waals surface area (Å²) in [5.74, 6) is 0. The van der Waals surface area contributed by atoms with Gasteiger partial charge in [0.1, 0.15) is 12.2 Å². The highest BCUT2D eigenvalue weighted by Crippen LogP contribution is 2.06. The van der Waals surface area contributed by atoms with Gasteiger partial charge in [-0.1, -0.05) is 0 Å². The Hall–Kier alpha value is -1.46. The van der Waals surface area contributed by atoms with E-state index in [1.165, 1.54) is 0 Å². The number of hydrogen-bond acceptors (Lipinski definition) is 4. The third-order valence-corrected chi connectivity index (χ3v) is 1.24.